The van der Waals surface area contributed by atoms with Gasteiger partial charge < -0.3 is 13.9 Å². The number of esters is 1. The summed E-state index contributed by atoms with van der Waals surface area (Å²) in [7, 11) is 1.57. The van der Waals surface area contributed by atoms with E-state index in [0.717, 1.165) is 0 Å². The highest BCUT2D eigenvalue weighted by Gasteiger charge is 2.33. The minimum absolute atomic E-state index is 0.189. The summed E-state index contributed by atoms with van der Waals surface area (Å²) in [4.78, 5) is 31.9. The Labute approximate surface area is 235 Å². The topological polar surface area (TPSA) is 107 Å². The predicted molar refractivity (Wildman–Crippen MR) is 150 cm³/mol. The molecule has 1 aliphatic heterocycles. The second-order valence-electron chi connectivity index (χ2n) is 8.56. The Morgan fingerprint density at radius 2 is 2.05 bits per heavy atom. The molecular weight excluding hydrogens is 582 g/mol. The van der Waals surface area contributed by atoms with Gasteiger partial charge in [0.05, 0.1) is 51.7 Å². The third-order valence-electron chi connectivity index (χ3n) is 6.22. The predicted octanol–water partition coefficient (Wildman–Crippen LogP) is 4.70. The van der Waals surface area contributed by atoms with Gasteiger partial charge in [-0.15, -0.1) is 0 Å². The number of rotatable bonds is 6. The van der Waals surface area contributed by atoms with Crippen LogP contribution in [0.5, 0.6) is 5.75 Å². The first-order valence-corrected chi connectivity index (χ1v) is 13.6. The lowest BCUT2D eigenvalue weighted by Gasteiger charge is -2.25. The van der Waals surface area contributed by atoms with Crippen LogP contribution >= 0.6 is 27.3 Å². The van der Waals surface area contributed by atoms with Gasteiger partial charge in [0.15, 0.2) is 4.80 Å². The van der Waals surface area contributed by atoms with Crippen LogP contribution in [0.15, 0.2) is 84.5 Å². The quantitative estimate of drug-likeness (QED) is 0.296. The van der Waals surface area contributed by atoms with Gasteiger partial charge in [0.25, 0.3) is 5.56 Å². The van der Waals surface area contributed by atoms with Crippen LogP contribution in [-0.2, 0) is 9.53 Å². The van der Waals surface area contributed by atoms with Gasteiger partial charge in [-0.3, -0.25) is 9.36 Å². The normalized spacial score (nSPS) is 14.9. The summed E-state index contributed by atoms with van der Waals surface area (Å²) in [6.45, 7) is 3.66. The van der Waals surface area contributed by atoms with E-state index in [1.54, 1.807) is 57.4 Å². The maximum Gasteiger partial charge on any atom is 0.338 e. The second-order valence-corrected chi connectivity index (χ2v) is 10.4. The molecule has 39 heavy (non-hydrogen) atoms. The number of ether oxygens (including phenoxy) is 2. The standard InChI is InChI=1S/C29H22BrN3O5S/c1-4-37-28(35)25-16(2)32-29-33(26(25)17-9-11-23(36-3)21(30)13-17)27(34)24(39-29)14-19-10-12-22(38-19)20-8-6-5-7-18(20)15-31/h5-14,26H,4H2,1-3H3/b24-14+/t26-/m0/s1. The average molecular weight is 604 g/mol. The number of thiazole rings is 1. The van der Waals surface area contributed by atoms with Crippen LogP contribution in [0, 0.1) is 11.3 Å². The number of benzene rings is 2. The van der Waals surface area contributed by atoms with E-state index in [1.807, 2.05) is 24.3 Å². The van der Waals surface area contributed by atoms with Crippen molar-refractivity contribution in [1.29, 1.82) is 5.26 Å². The Hall–Kier alpha value is -4.20. The monoisotopic (exact) mass is 603 g/mol. The molecule has 196 valence electrons. The van der Waals surface area contributed by atoms with Crippen molar-refractivity contribution in [3.05, 3.63) is 107 Å². The lowest BCUT2D eigenvalue weighted by atomic mass is 9.96. The molecule has 2 aromatic carbocycles. The SMILES string of the molecule is CCOC(=O)C1=C(C)N=c2s/c(=C/c3ccc(-c4ccccc4C#N)o3)c(=O)n2[C@H]1c1ccc(OC)c(Br)c1. The van der Waals surface area contributed by atoms with Gasteiger partial charge in [-0.05, 0) is 71.7 Å². The van der Waals surface area contributed by atoms with Gasteiger partial charge in [-0.1, -0.05) is 29.5 Å². The van der Waals surface area contributed by atoms with Crippen molar-refractivity contribution < 1.29 is 18.7 Å². The Balaban J connectivity index is 1.66. The number of aromatic nitrogens is 1. The number of methoxy groups -OCH3 is 1. The number of carbonyl (C=O) groups is 1. The fraction of sp³-hybridized carbons (Fsp3) is 0.172. The summed E-state index contributed by atoms with van der Waals surface area (Å²) in [5.74, 6) is 1.06. The highest BCUT2D eigenvalue weighted by molar-refractivity contribution is 9.10. The van der Waals surface area contributed by atoms with Crippen LogP contribution in [0.25, 0.3) is 17.4 Å². The van der Waals surface area contributed by atoms with Gasteiger partial charge in [-0.25, -0.2) is 9.79 Å². The summed E-state index contributed by atoms with van der Waals surface area (Å²) in [6.07, 6.45) is 1.65. The molecule has 0 saturated carbocycles. The molecule has 8 nitrogen and oxygen atoms in total. The first-order chi connectivity index (χ1) is 18.9. The van der Waals surface area contributed by atoms with Crippen LogP contribution < -0.4 is 19.6 Å². The molecule has 3 heterocycles. The summed E-state index contributed by atoms with van der Waals surface area (Å²) >= 11 is 4.72. The van der Waals surface area contributed by atoms with E-state index >= 15 is 0 Å². The lowest BCUT2D eigenvalue weighted by Crippen LogP contribution is -2.39. The van der Waals surface area contributed by atoms with E-state index in [2.05, 4.69) is 27.0 Å². The van der Waals surface area contributed by atoms with Crippen molar-refractivity contribution in [2.75, 3.05) is 13.7 Å². The smallest absolute Gasteiger partial charge is 0.338 e. The van der Waals surface area contributed by atoms with Gasteiger partial charge in [-0.2, -0.15) is 5.26 Å². The van der Waals surface area contributed by atoms with Crippen LogP contribution in [-0.4, -0.2) is 24.3 Å². The molecule has 0 radical (unpaired) electrons. The number of nitrogens with zero attached hydrogens (tertiary/aromatic N) is 3. The van der Waals surface area contributed by atoms with Crippen LogP contribution in [0.1, 0.15) is 36.8 Å². The van der Waals surface area contributed by atoms with Gasteiger partial charge >= 0.3 is 5.97 Å². The number of furan rings is 1. The number of allylic oxidation sites excluding steroid dienone is 1. The molecule has 0 bridgehead atoms. The fourth-order valence-electron chi connectivity index (χ4n) is 4.46. The first kappa shape index (κ1) is 26.4. The van der Waals surface area contributed by atoms with Gasteiger partial charge in [0.2, 0.25) is 0 Å². The van der Waals surface area contributed by atoms with E-state index in [1.165, 1.54) is 15.9 Å². The molecule has 10 heteroatoms. The van der Waals surface area contributed by atoms with Crippen molar-refractivity contribution in [2.45, 2.75) is 19.9 Å². The molecule has 1 aliphatic rings. The molecular formula is C29H22BrN3O5S. The Kier molecular flexibility index (Phi) is 7.37. The van der Waals surface area contributed by atoms with Crippen molar-refractivity contribution in [3.8, 4) is 23.1 Å². The van der Waals surface area contributed by atoms with Crippen molar-refractivity contribution in [1.82, 2.24) is 4.57 Å². The number of carbonyl (C=O) groups excluding carboxylic acids is 1. The second kappa shape index (κ2) is 10.9. The Morgan fingerprint density at radius 1 is 1.26 bits per heavy atom. The molecule has 4 aromatic rings. The zero-order valence-electron chi connectivity index (χ0n) is 21.2. The number of fused-ring (bicyclic) bond motifs is 1. The van der Waals surface area contributed by atoms with Crippen molar-refractivity contribution >= 4 is 39.3 Å². The van der Waals surface area contributed by atoms with E-state index in [-0.39, 0.29) is 12.2 Å². The van der Waals surface area contributed by atoms with Crippen LogP contribution in [0.3, 0.4) is 0 Å². The van der Waals surface area contributed by atoms with Crippen molar-refractivity contribution in [3.63, 3.8) is 0 Å². The highest BCUT2D eigenvalue weighted by Crippen LogP contribution is 2.35. The molecule has 1 atom stereocenters. The van der Waals surface area contributed by atoms with E-state index in [4.69, 9.17) is 13.9 Å². The summed E-state index contributed by atoms with van der Waals surface area (Å²) < 4.78 is 19.3. The molecule has 0 unspecified atom stereocenters. The molecule has 5 rings (SSSR count). The van der Waals surface area contributed by atoms with E-state index in [9.17, 15) is 14.9 Å². The zero-order valence-corrected chi connectivity index (χ0v) is 23.6. The molecule has 0 saturated heterocycles. The summed E-state index contributed by atoms with van der Waals surface area (Å²) in [5, 5.41) is 9.43. The Morgan fingerprint density at radius 3 is 2.77 bits per heavy atom. The maximum absolute atomic E-state index is 13.8. The summed E-state index contributed by atoms with van der Waals surface area (Å²) in [5.41, 5.74) is 2.31. The number of hydrogen-bond donors (Lipinski definition) is 0. The molecule has 0 N–H and O–H groups in total. The third-order valence-corrected chi connectivity index (χ3v) is 7.82. The number of halogens is 1. The van der Waals surface area contributed by atoms with Gasteiger partial charge in [0, 0.05) is 11.6 Å². The minimum atomic E-state index is -0.751. The number of nitriles is 1. The first-order valence-electron chi connectivity index (χ1n) is 12.0. The van der Waals surface area contributed by atoms with Crippen molar-refractivity contribution in [2.24, 2.45) is 4.99 Å². The zero-order chi connectivity index (χ0) is 27.7. The molecule has 2 aromatic heterocycles. The third kappa shape index (κ3) is 4.87. The molecule has 0 amide bonds. The van der Waals surface area contributed by atoms with E-state index < -0.39 is 12.0 Å². The average Bonchev–Trinajstić information content (AvgIpc) is 3.52. The fourth-order valence-corrected chi connectivity index (χ4v) is 6.04. The van der Waals surface area contributed by atoms with Gasteiger partial charge in [0.1, 0.15) is 17.3 Å². The maximum atomic E-state index is 13.8. The molecule has 0 aliphatic carbocycles. The van der Waals surface area contributed by atoms with Crippen LogP contribution in [0.2, 0.25) is 0 Å². The number of hydrogen-bond acceptors (Lipinski definition) is 8. The Bertz CT molecular complexity index is 1860. The molecule has 0 fully saturated rings. The minimum Gasteiger partial charge on any atom is -0.496 e. The lowest BCUT2D eigenvalue weighted by molar-refractivity contribution is -0.139. The largest absolute Gasteiger partial charge is 0.496 e. The molecule has 0 spiro atoms. The highest BCUT2D eigenvalue weighted by atomic mass is 79.9. The van der Waals surface area contributed by atoms with Crippen LogP contribution in [0.4, 0.5) is 0 Å². The summed E-state index contributed by atoms with van der Waals surface area (Å²) in [6, 6.07) is 17.5. The van der Waals surface area contributed by atoms with E-state index in [0.29, 0.717) is 59.0 Å².